The van der Waals surface area contributed by atoms with Crippen LogP contribution in [0, 0.1) is 0 Å². The Morgan fingerprint density at radius 3 is 2.88 bits per heavy atom. The summed E-state index contributed by atoms with van der Waals surface area (Å²) in [6.07, 6.45) is 1.82. The Bertz CT molecular complexity index is 690. The van der Waals surface area contributed by atoms with Gasteiger partial charge in [-0.3, -0.25) is 4.68 Å². The first-order chi connectivity index (χ1) is 11.3. The zero-order chi connectivity index (χ0) is 17.3. The molecule has 1 N–H and O–H groups in total. The summed E-state index contributed by atoms with van der Waals surface area (Å²) >= 11 is 1.68. The highest BCUT2D eigenvalue weighted by Gasteiger charge is 2.30. The number of fused-ring (bicyclic) bond motifs is 1. The molecule has 1 aliphatic carbocycles. The quantitative estimate of drug-likeness (QED) is 0.871. The number of hydrogen-bond donors (Lipinski definition) is 1. The molecular formula is C16H21F3N4S. The average molecular weight is 358 g/mol. The number of hydrogen-bond acceptors (Lipinski definition) is 4. The van der Waals surface area contributed by atoms with Crippen molar-refractivity contribution in [2.45, 2.75) is 64.3 Å². The number of nitrogens with zero attached hydrogens (tertiary/aromatic N) is 3. The fourth-order valence-electron chi connectivity index (χ4n) is 2.96. The summed E-state index contributed by atoms with van der Waals surface area (Å²) in [4.78, 5) is 5.54. The third-order valence-electron chi connectivity index (χ3n) is 4.07. The lowest BCUT2D eigenvalue weighted by molar-refractivity contribution is -0.142. The lowest BCUT2D eigenvalue weighted by Gasteiger charge is -2.22. The van der Waals surface area contributed by atoms with Crippen molar-refractivity contribution in [2.24, 2.45) is 0 Å². The van der Waals surface area contributed by atoms with E-state index in [9.17, 15) is 13.2 Å². The van der Waals surface area contributed by atoms with E-state index in [0.29, 0.717) is 12.5 Å². The molecule has 0 aliphatic heterocycles. The molecule has 1 atom stereocenters. The van der Waals surface area contributed by atoms with Crippen molar-refractivity contribution in [3.63, 3.8) is 0 Å². The third-order valence-corrected chi connectivity index (χ3v) is 5.37. The monoisotopic (exact) mass is 358 g/mol. The molecule has 2 aromatic rings. The number of nitrogens with one attached hydrogen (secondary N) is 1. The summed E-state index contributed by atoms with van der Waals surface area (Å²) in [5, 5.41) is 8.72. The zero-order valence-electron chi connectivity index (χ0n) is 13.7. The van der Waals surface area contributed by atoms with E-state index in [1.54, 1.807) is 17.5 Å². The largest absolute Gasteiger partial charge is 0.408 e. The molecule has 132 valence electrons. The van der Waals surface area contributed by atoms with Crippen molar-refractivity contribution in [2.75, 3.05) is 0 Å². The molecule has 0 fully saturated rings. The molecule has 0 saturated carbocycles. The molecule has 3 rings (SSSR count). The van der Waals surface area contributed by atoms with Gasteiger partial charge in [0.25, 0.3) is 0 Å². The Hall–Kier alpha value is -1.41. The number of alkyl halides is 3. The van der Waals surface area contributed by atoms with Crippen LogP contribution < -0.4 is 5.32 Å². The van der Waals surface area contributed by atoms with Crippen LogP contribution in [0.4, 0.5) is 13.2 Å². The van der Waals surface area contributed by atoms with Gasteiger partial charge in [0.05, 0.1) is 16.7 Å². The number of halogens is 3. The van der Waals surface area contributed by atoms with Crippen LogP contribution in [-0.2, 0) is 19.5 Å². The molecule has 8 heteroatoms. The van der Waals surface area contributed by atoms with Crippen LogP contribution in [0.15, 0.2) is 12.4 Å². The van der Waals surface area contributed by atoms with Crippen LogP contribution in [0.1, 0.15) is 59.8 Å². The van der Waals surface area contributed by atoms with Gasteiger partial charge < -0.3 is 5.32 Å². The first kappa shape index (κ1) is 17.4. The summed E-state index contributed by atoms with van der Waals surface area (Å²) in [7, 11) is 0. The van der Waals surface area contributed by atoms with Gasteiger partial charge in [0.1, 0.15) is 6.54 Å². The van der Waals surface area contributed by atoms with Crippen LogP contribution in [0.3, 0.4) is 0 Å². The molecular weight excluding hydrogens is 337 g/mol. The number of aromatic nitrogens is 3. The Labute approximate surface area is 143 Å². The van der Waals surface area contributed by atoms with E-state index in [1.165, 1.54) is 0 Å². The fourth-order valence-corrected chi connectivity index (χ4v) is 3.83. The topological polar surface area (TPSA) is 42.7 Å². The van der Waals surface area contributed by atoms with E-state index in [-0.39, 0.29) is 6.04 Å². The summed E-state index contributed by atoms with van der Waals surface area (Å²) in [5.41, 5.74) is 1.69. The summed E-state index contributed by atoms with van der Waals surface area (Å²) in [5.74, 6) is 0.406. The smallest absolute Gasteiger partial charge is 0.304 e. The second kappa shape index (κ2) is 6.84. The molecule has 0 radical (unpaired) electrons. The molecule has 0 bridgehead atoms. The van der Waals surface area contributed by atoms with Gasteiger partial charge in [0.15, 0.2) is 0 Å². The predicted octanol–water partition coefficient (Wildman–Crippen LogP) is 4.19. The molecule has 0 spiro atoms. The molecule has 4 nitrogen and oxygen atoms in total. The van der Waals surface area contributed by atoms with Crippen molar-refractivity contribution < 1.29 is 13.2 Å². The van der Waals surface area contributed by atoms with E-state index in [0.717, 1.165) is 45.1 Å². The maximum absolute atomic E-state index is 12.6. The minimum Gasteiger partial charge on any atom is -0.304 e. The lowest BCUT2D eigenvalue weighted by Crippen LogP contribution is -2.25. The van der Waals surface area contributed by atoms with Crippen LogP contribution in [0.25, 0.3) is 0 Å². The minimum absolute atomic E-state index is 0.00725. The molecule has 2 aromatic heterocycles. The van der Waals surface area contributed by atoms with Gasteiger partial charge in [0, 0.05) is 29.7 Å². The van der Waals surface area contributed by atoms with Crippen LogP contribution in [0.2, 0.25) is 0 Å². The fraction of sp³-hybridized carbons (Fsp3) is 0.625. The summed E-state index contributed by atoms with van der Waals surface area (Å²) in [6, 6.07) is 0.00725. The molecule has 24 heavy (non-hydrogen) atoms. The van der Waals surface area contributed by atoms with E-state index in [2.05, 4.69) is 29.2 Å². The first-order valence-corrected chi connectivity index (χ1v) is 8.94. The van der Waals surface area contributed by atoms with Crippen molar-refractivity contribution in [3.8, 4) is 0 Å². The highest BCUT2D eigenvalue weighted by Crippen LogP contribution is 2.30. The molecule has 2 heterocycles. The average Bonchev–Trinajstić information content (AvgIpc) is 3.09. The molecule has 0 amide bonds. The van der Waals surface area contributed by atoms with Crippen LogP contribution >= 0.6 is 11.3 Å². The van der Waals surface area contributed by atoms with Crippen molar-refractivity contribution in [1.82, 2.24) is 20.1 Å². The molecule has 0 aromatic carbocycles. The lowest BCUT2D eigenvalue weighted by atomic mass is 9.94. The van der Waals surface area contributed by atoms with E-state index in [1.807, 2.05) is 6.20 Å². The zero-order valence-corrected chi connectivity index (χ0v) is 14.5. The Morgan fingerprint density at radius 1 is 1.42 bits per heavy atom. The normalized spacial score (nSPS) is 18.2. The standard InChI is InChI=1S/C16H21F3N4S/c1-10(2)15-21-7-12(24-15)6-20-13-5-3-4-11-8-23(22-14(11)13)9-16(17,18)19/h7-8,10,13,20H,3-6,9H2,1-2H3/t13-/m0/s1. The maximum atomic E-state index is 12.6. The number of aryl methyl sites for hydroxylation is 1. The molecule has 0 unspecified atom stereocenters. The third kappa shape index (κ3) is 4.16. The first-order valence-electron chi connectivity index (χ1n) is 8.13. The molecule has 0 saturated heterocycles. The van der Waals surface area contributed by atoms with Crippen LogP contribution in [-0.4, -0.2) is 20.9 Å². The van der Waals surface area contributed by atoms with Gasteiger partial charge in [-0.25, -0.2) is 4.98 Å². The Balaban J connectivity index is 1.67. The van der Waals surface area contributed by atoms with E-state index < -0.39 is 12.7 Å². The number of rotatable bonds is 5. The Kier molecular flexibility index (Phi) is 4.96. The van der Waals surface area contributed by atoms with Crippen molar-refractivity contribution in [3.05, 3.63) is 33.5 Å². The van der Waals surface area contributed by atoms with Gasteiger partial charge in [0.2, 0.25) is 0 Å². The van der Waals surface area contributed by atoms with Gasteiger partial charge in [-0.1, -0.05) is 13.8 Å². The minimum atomic E-state index is -4.24. The predicted molar refractivity (Wildman–Crippen MR) is 87.0 cm³/mol. The number of thiazole rings is 1. The second-order valence-electron chi connectivity index (χ2n) is 6.50. The second-order valence-corrected chi connectivity index (χ2v) is 7.64. The highest BCUT2D eigenvalue weighted by atomic mass is 32.1. The highest BCUT2D eigenvalue weighted by molar-refractivity contribution is 7.11. The SMILES string of the molecule is CC(C)c1ncc(CN[C@H]2CCCc3cn(CC(F)(F)F)nc32)s1. The summed E-state index contributed by atoms with van der Waals surface area (Å²) in [6.45, 7) is 3.85. The molecule has 1 aliphatic rings. The van der Waals surface area contributed by atoms with Crippen LogP contribution in [0.5, 0.6) is 0 Å². The van der Waals surface area contributed by atoms with E-state index >= 15 is 0 Å². The maximum Gasteiger partial charge on any atom is 0.408 e. The summed E-state index contributed by atoms with van der Waals surface area (Å²) < 4.78 is 38.7. The van der Waals surface area contributed by atoms with Gasteiger partial charge >= 0.3 is 6.18 Å². The van der Waals surface area contributed by atoms with Gasteiger partial charge in [-0.2, -0.15) is 18.3 Å². The van der Waals surface area contributed by atoms with E-state index in [4.69, 9.17) is 0 Å². The van der Waals surface area contributed by atoms with Gasteiger partial charge in [-0.15, -0.1) is 11.3 Å². The van der Waals surface area contributed by atoms with Gasteiger partial charge in [-0.05, 0) is 24.8 Å². The van der Waals surface area contributed by atoms with Crippen molar-refractivity contribution >= 4 is 11.3 Å². The Morgan fingerprint density at radius 2 is 2.21 bits per heavy atom. The van der Waals surface area contributed by atoms with Crippen molar-refractivity contribution in [1.29, 1.82) is 0 Å².